The Bertz CT molecular complexity index is 1840. The van der Waals surface area contributed by atoms with Crippen LogP contribution in [0.4, 0.5) is 31.1 Å². The zero-order valence-corrected chi connectivity index (χ0v) is 26.9. The van der Waals surface area contributed by atoms with E-state index in [1.54, 1.807) is 12.1 Å². The number of halogens is 6. The van der Waals surface area contributed by atoms with Crippen LogP contribution in [0.5, 0.6) is 0 Å². The summed E-state index contributed by atoms with van der Waals surface area (Å²) in [4.78, 5) is 36.0. The van der Waals surface area contributed by atoms with Crippen LogP contribution < -0.4 is 16.4 Å². The van der Waals surface area contributed by atoms with Gasteiger partial charge < -0.3 is 24.0 Å². The molecule has 2 aromatic heterocycles. The highest BCUT2D eigenvalue weighted by Crippen LogP contribution is 2.37. The van der Waals surface area contributed by atoms with Gasteiger partial charge in [-0.15, -0.1) is 0 Å². The molecule has 16 heteroatoms. The first-order valence-corrected chi connectivity index (χ1v) is 16.0. The molecule has 2 fully saturated rings. The van der Waals surface area contributed by atoms with Gasteiger partial charge >= 0.3 is 18.4 Å². The van der Waals surface area contributed by atoms with Crippen LogP contribution in [0.2, 0.25) is 0 Å². The molecule has 4 atom stereocenters. The van der Waals surface area contributed by atoms with Crippen molar-refractivity contribution in [2.75, 3.05) is 20.2 Å². The standard InChI is InChI=1S/C18H19F3N2O4.C16H17F3N2O2/c1-26-17(25)23-7-6-12(15-10-16(24)22-27-15)9-13(23)8-11-4-2-3-5-14(11)18(19,20)21;17-16(18,19)13-4-2-1-3-10(13)7-12-8-11(5-6-20-12)14-9-15(22)21-23-14/h2-5,10,12-13H,6-9H2,1H3,(H,22,24);1-4,9,11-12,20H,5-8H2,(H,21,22)/t12-,13-;11-,12-/m00/s1. The van der Waals surface area contributed by atoms with Crippen molar-refractivity contribution in [3.05, 3.63) is 115 Å². The molecule has 50 heavy (non-hydrogen) atoms. The highest BCUT2D eigenvalue weighted by Gasteiger charge is 2.38. The number of hydrogen-bond donors (Lipinski definition) is 3. The van der Waals surface area contributed by atoms with Crippen LogP contribution in [-0.2, 0) is 29.9 Å². The van der Waals surface area contributed by atoms with Crippen LogP contribution in [-0.4, -0.2) is 53.6 Å². The third kappa shape index (κ3) is 9.08. The van der Waals surface area contributed by atoms with Crippen molar-refractivity contribution in [1.29, 1.82) is 0 Å². The van der Waals surface area contributed by atoms with Gasteiger partial charge in [-0.2, -0.15) is 36.7 Å². The van der Waals surface area contributed by atoms with Crippen molar-refractivity contribution in [3.8, 4) is 0 Å². The molecular formula is C34H36F6N4O6. The summed E-state index contributed by atoms with van der Waals surface area (Å²) >= 11 is 0. The Morgan fingerprint density at radius 3 is 1.82 bits per heavy atom. The fraction of sp³-hybridized carbons (Fsp3) is 0.441. The van der Waals surface area contributed by atoms with E-state index in [1.165, 1.54) is 48.4 Å². The van der Waals surface area contributed by atoms with E-state index >= 15 is 0 Å². The van der Waals surface area contributed by atoms with Crippen molar-refractivity contribution < 1.29 is 44.9 Å². The smallest absolute Gasteiger partial charge is 0.416 e. The third-order valence-electron chi connectivity index (χ3n) is 9.08. The summed E-state index contributed by atoms with van der Waals surface area (Å²) in [6.07, 6.45) is -6.79. The fourth-order valence-electron chi connectivity index (χ4n) is 6.75. The minimum atomic E-state index is -4.48. The minimum Gasteiger partial charge on any atom is -0.453 e. The Hall–Kier alpha value is -4.73. The van der Waals surface area contributed by atoms with Crippen LogP contribution in [0.1, 0.15) is 71.3 Å². The number of aromatic amines is 2. The Labute approximate surface area is 281 Å². The second-order valence-electron chi connectivity index (χ2n) is 12.4. The molecule has 2 saturated heterocycles. The number of nitrogens with zero attached hydrogens (tertiary/aromatic N) is 1. The number of benzene rings is 2. The third-order valence-corrected chi connectivity index (χ3v) is 9.08. The topological polar surface area (TPSA) is 134 Å². The molecule has 0 bridgehead atoms. The molecule has 270 valence electrons. The first kappa shape index (κ1) is 36.5. The second kappa shape index (κ2) is 15.4. The van der Waals surface area contributed by atoms with E-state index in [4.69, 9.17) is 13.8 Å². The predicted molar refractivity (Wildman–Crippen MR) is 168 cm³/mol. The van der Waals surface area contributed by atoms with Gasteiger partial charge in [-0.3, -0.25) is 9.59 Å². The van der Waals surface area contributed by atoms with E-state index in [0.29, 0.717) is 50.3 Å². The summed E-state index contributed by atoms with van der Waals surface area (Å²) in [7, 11) is 1.24. The number of alkyl halides is 6. The van der Waals surface area contributed by atoms with Crippen LogP contribution >= 0.6 is 0 Å². The largest absolute Gasteiger partial charge is 0.453 e. The Balaban J connectivity index is 0.000000197. The summed E-state index contributed by atoms with van der Waals surface area (Å²) in [5, 5.41) is 7.74. The predicted octanol–water partition coefficient (Wildman–Crippen LogP) is 6.61. The van der Waals surface area contributed by atoms with Gasteiger partial charge in [0.2, 0.25) is 0 Å². The Morgan fingerprint density at radius 1 is 0.800 bits per heavy atom. The van der Waals surface area contributed by atoms with Crippen molar-refractivity contribution in [2.24, 2.45) is 0 Å². The number of rotatable bonds is 6. The number of ether oxygens (including phenoxy) is 1. The van der Waals surface area contributed by atoms with E-state index in [-0.39, 0.29) is 46.5 Å². The molecule has 2 aromatic carbocycles. The Kier molecular flexibility index (Phi) is 11.3. The lowest BCUT2D eigenvalue weighted by atomic mass is 9.85. The molecule has 6 rings (SSSR count). The first-order chi connectivity index (χ1) is 23.7. The number of hydrogen-bond acceptors (Lipinski definition) is 7. The number of nitrogens with one attached hydrogen (secondary N) is 3. The Morgan fingerprint density at radius 2 is 1.32 bits per heavy atom. The van der Waals surface area contributed by atoms with Gasteiger partial charge in [0.05, 0.1) is 18.2 Å². The maximum atomic E-state index is 13.3. The van der Waals surface area contributed by atoms with Gasteiger partial charge in [0.25, 0.3) is 11.1 Å². The monoisotopic (exact) mass is 710 g/mol. The minimum absolute atomic E-state index is 0.0237. The molecule has 2 aliphatic rings. The number of piperidine rings is 2. The summed E-state index contributed by atoms with van der Waals surface area (Å²) < 4.78 is 94.2. The number of methoxy groups -OCH3 is 1. The number of carbonyl (C=O) groups excluding carboxylic acids is 1. The number of aromatic nitrogens is 2. The molecular weight excluding hydrogens is 674 g/mol. The zero-order chi connectivity index (χ0) is 36.1. The van der Waals surface area contributed by atoms with Crippen LogP contribution in [0.15, 0.2) is 79.3 Å². The highest BCUT2D eigenvalue weighted by atomic mass is 19.4. The molecule has 2 aliphatic heterocycles. The normalized spacial score (nSPS) is 21.3. The lowest BCUT2D eigenvalue weighted by Gasteiger charge is -2.38. The zero-order valence-electron chi connectivity index (χ0n) is 26.9. The van der Waals surface area contributed by atoms with E-state index < -0.39 is 35.6 Å². The van der Waals surface area contributed by atoms with Crippen LogP contribution in [0, 0.1) is 0 Å². The summed E-state index contributed by atoms with van der Waals surface area (Å²) in [6, 6.07) is 13.1. The summed E-state index contributed by atoms with van der Waals surface area (Å²) in [5.74, 6) is 0.885. The second-order valence-corrected chi connectivity index (χ2v) is 12.4. The van der Waals surface area contributed by atoms with Gasteiger partial charge in [-0.05, 0) is 68.3 Å². The van der Waals surface area contributed by atoms with Crippen LogP contribution in [0.3, 0.4) is 0 Å². The summed E-state index contributed by atoms with van der Waals surface area (Å²) in [5.41, 5.74) is -1.58. The molecule has 0 radical (unpaired) electrons. The van der Waals surface area contributed by atoms with Crippen LogP contribution in [0.25, 0.3) is 0 Å². The average molecular weight is 711 g/mol. The highest BCUT2D eigenvalue weighted by molar-refractivity contribution is 5.68. The molecule has 4 heterocycles. The van der Waals surface area contributed by atoms with Gasteiger partial charge in [0.1, 0.15) is 11.5 Å². The number of amides is 1. The molecule has 0 unspecified atom stereocenters. The number of likely N-dealkylation sites (tertiary alicyclic amines) is 1. The van der Waals surface area contributed by atoms with Gasteiger partial charge in [0, 0.05) is 42.6 Å². The van der Waals surface area contributed by atoms with Crippen molar-refractivity contribution in [2.45, 2.75) is 74.8 Å². The number of H-pyrrole nitrogens is 2. The van der Waals surface area contributed by atoms with Gasteiger partial charge in [-0.1, -0.05) is 36.4 Å². The lowest BCUT2D eigenvalue weighted by molar-refractivity contribution is -0.139. The molecule has 4 aromatic rings. The summed E-state index contributed by atoms with van der Waals surface area (Å²) in [6.45, 7) is 0.976. The van der Waals surface area contributed by atoms with Gasteiger partial charge in [-0.25, -0.2) is 4.79 Å². The quantitative estimate of drug-likeness (QED) is 0.192. The van der Waals surface area contributed by atoms with E-state index in [9.17, 15) is 40.7 Å². The molecule has 10 nitrogen and oxygen atoms in total. The fourth-order valence-corrected chi connectivity index (χ4v) is 6.75. The molecule has 0 saturated carbocycles. The number of carbonyl (C=O) groups is 1. The van der Waals surface area contributed by atoms with Gasteiger partial charge in [0.15, 0.2) is 0 Å². The van der Waals surface area contributed by atoms with Crippen molar-refractivity contribution >= 4 is 6.09 Å². The molecule has 0 aliphatic carbocycles. The average Bonchev–Trinajstić information content (AvgIpc) is 3.72. The van der Waals surface area contributed by atoms with E-state index in [1.807, 2.05) is 0 Å². The van der Waals surface area contributed by atoms with Crippen molar-refractivity contribution in [3.63, 3.8) is 0 Å². The maximum Gasteiger partial charge on any atom is 0.416 e. The maximum absolute atomic E-state index is 13.3. The van der Waals surface area contributed by atoms with E-state index in [0.717, 1.165) is 18.6 Å². The molecule has 1 amide bonds. The molecule has 3 N–H and O–H groups in total. The first-order valence-electron chi connectivity index (χ1n) is 16.0. The molecule has 0 spiro atoms. The SMILES string of the molecule is COC(=O)N1CC[C@H](c2cc(=O)[nH]o2)C[C@@H]1Cc1ccccc1C(F)(F)F.O=c1cc([C@H]2CCN[C@@H](Cc3ccccc3C(F)(F)F)C2)o[nH]1. The lowest BCUT2D eigenvalue weighted by Crippen LogP contribution is -2.46. The van der Waals surface area contributed by atoms with Crippen molar-refractivity contribution in [1.82, 2.24) is 20.5 Å². The van der Waals surface area contributed by atoms with E-state index in [2.05, 4.69) is 15.6 Å².